The molecule has 106 valence electrons. The minimum Gasteiger partial charge on any atom is -0.374 e. The standard InChI is InChI=1S/C16H26N2O/c1-6-14(7-2)18-16(19)13(5)17-15-10-8-9-11(3)12(15)4/h8-10,13-14,17H,6-7H2,1-5H3,(H,18,19). The molecule has 3 nitrogen and oxygen atoms in total. The molecule has 0 fully saturated rings. The fourth-order valence-corrected chi connectivity index (χ4v) is 2.03. The van der Waals surface area contributed by atoms with Gasteiger partial charge in [0.05, 0.1) is 0 Å². The van der Waals surface area contributed by atoms with E-state index in [4.69, 9.17) is 0 Å². The van der Waals surface area contributed by atoms with Gasteiger partial charge in [0.15, 0.2) is 0 Å². The third-order valence-corrected chi connectivity index (χ3v) is 3.70. The lowest BCUT2D eigenvalue weighted by atomic mass is 10.1. The Kier molecular flexibility index (Phi) is 5.87. The third-order valence-electron chi connectivity index (χ3n) is 3.70. The summed E-state index contributed by atoms with van der Waals surface area (Å²) in [7, 11) is 0. The van der Waals surface area contributed by atoms with Crippen LogP contribution >= 0.6 is 0 Å². The fourth-order valence-electron chi connectivity index (χ4n) is 2.03. The van der Waals surface area contributed by atoms with Crippen molar-refractivity contribution in [3.05, 3.63) is 29.3 Å². The Morgan fingerprint density at radius 1 is 1.21 bits per heavy atom. The normalized spacial score (nSPS) is 12.3. The number of carbonyl (C=O) groups is 1. The minimum absolute atomic E-state index is 0.0645. The predicted molar refractivity (Wildman–Crippen MR) is 81.5 cm³/mol. The van der Waals surface area contributed by atoms with Crippen molar-refractivity contribution in [3.8, 4) is 0 Å². The highest BCUT2D eigenvalue weighted by atomic mass is 16.2. The van der Waals surface area contributed by atoms with E-state index in [1.165, 1.54) is 11.1 Å². The molecule has 1 rings (SSSR count). The smallest absolute Gasteiger partial charge is 0.242 e. The molecule has 0 aliphatic carbocycles. The third kappa shape index (κ3) is 4.27. The number of hydrogen-bond acceptors (Lipinski definition) is 2. The van der Waals surface area contributed by atoms with Gasteiger partial charge in [-0.15, -0.1) is 0 Å². The van der Waals surface area contributed by atoms with Gasteiger partial charge in [0, 0.05) is 11.7 Å². The lowest BCUT2D eigenvalue weighted by Gasteiger charge is -2.21. The summed E-state index contributed by atoms with van der Waals surface area (Å²) >= 11 is 0. The molecule has 0 radical (unpaired) electrons. The van der Waals surface area contributed by atoms with Crippen LogP contribution in [0.25, 0.3) is 0 Å². The number of nitrogens with one attached hydrogen (secondary N) is 2. The summed E-state index contributed by atoms with van der Waals surface area (Å²) in [5, 5.41) is 6.36. The largest absolute Gasteiger partial charge is 0.374 e. The Labute approximate surface area is 116 Å². The van der Waals surface area contributed by atoms with Gasteiger partial charge in [0.25, 0.3) is 0 Å². The van der Waals surface area contributed by atoms with Crippen molar-refractivity contribution >= 4 is 11.6 Å². The first-order chi connectivity index (χ1) is 8.99. The molecule has 1 amide bonds. The van der Waals surface area contributed by atoms with Gasteiger partial charge in [0.1, 0.15) is 6.04 Å². The Morgan fingerprint density at radius 3 is 2.42 bits per heavy atom. The van der Waals surface area contributed by atoms with Crippen molar-refractivity contribution in [2.75, 3.05) is 5.32 Å². The van der Waals surface area contributed by atoms with Crippen LogP contribution < -0.4 is 10.6 Å². The van der Waals surface area contributed by atoms with E-state index in [1.807, 2.05) is 19.1 Å². The van der Waals surface area contributed by atoms with Crippen molar-refractivity contribution in [1.82, 2.24) is 5.32 Å². The molecule has 0 saturated heterocycles. The molecule has 1 atom stereocenters. The first kappa shape index (κ1) is 15.5. The average Bonchev–Trinajstić information content (AvgIpc) is 2.40. The SMILES string of the molecule is CCC(CC)NC(=O)C(C)Nc1cccc(C)c1C. The molecule has 1 unspecified atom stereocenters. The summed E-state index contributed by atoms with van der Waals surface area (Å²) < 4.78 is 0. The summed E-state index contributed by atoms with van der Waals surface area (Å²) in [6.45, 7) is 10.2. The second kappa shape index (κ2) is 7.17. The van der Waals surface area contributed by atoms with E-state index < -0.39 is 0 Å². The molecule has 2 N–H and O–H groups in total. The van der Waals surface area contributed by atoms with Crippen LogP contribution in [0.2, 0.25) is 0 Å². The highest BCUT2D eigenvalue weighted by Gasteiger charge is 2.16. The molecule has 1 aromatic carbocycles. The molecule has 0 aliphatic heterocycles. The number of anilines is 1. The van der Waals surface area contributed by atoms with Gasteiger partial charge in [-0.3, -0.25) is 4.79 Å². The molecule has 3 heteroatoms. The molecule has 0 heterocycles. The topological polar surface area (TPSA) is 41.1 Å². The van der Waals surface area contributed by atoms with Gasteiger partial charge in [-0.2, -0.15) is 0 Å². The summed E-state index contributed by atoms with van der Waals surface area (Å²) in [5.41, 5.74) is 3.47. The first-order valence-corrected chi connectivity index (χ1v) is 7.12. The van der Waals surface area contributed by atoms with Crippen molar-refractivity contribution in [1.29, 1.82) is 0 Å². The molecule has 0 aliphatic rings. The average molecular weight is 262 g/mol. The van der Waals surface area contributed by atoms with Gasteiger partial charge in [0.2, 0.25) is 5.91 Å². The molecule has 19 heavy (non-hydrogen) atoms. The highest BCUT2D eigenvalue weighted by Crippen LogP contribution is 2.18. The van der Waals surface area contributed by atoms with E-state index in [0.29, 0.717) is 0 Å². The zero-order valence-corrected chi connectivity index (χ0v) is 12.7. The van der Waals surface area contributed by atoms with Gasteiger partial charge in [-0.05, 0) is 50.8 Å². The number of carbonyl (C=O) groups excluding carboxylic acids is 1. The monoisotopic (exact) mass is 262 g/mol. The van der Waals surface area contributed by atoms with Gasteiger partial charge < -0.3 is 10.6 Å². The molecule has 1 aromatic rings. The molecule has 0 spiro atoms. The fraction of sp³-hybridized carbons (Fsp3) is 0.562. The zero-order chi connectivity index (χ0) is 14.4. The van der Waals surface area contributed by atoms with Crippen molar-refractivity contribution in [2.24, 2.45) is 0 Å². The lowest BCUT2D eigenvalue weighted by molar-refractivity contribution is -0.122. The zero-order valence-electron chi connectivity index (χ0n) is 12.7. The maximum atomic E-state index is 12.1. The predicted octanol–water partition coefficient (Wildman–Crippen LogP) is 3.41. The molecule has 0 aromatic heterocycles. The second-order valence-corrected chi connectivity index (χ2v) is 5.14. The van der Waals surface area contributed by atoms with Crippen LogP contribution in [0.5, 0.6) is 0 Å². The Morgan fingerprint density at radius 2 is 1.84 bits per heavy atom. The van der Waals surface area contributed by atoms with Crippen molar-refractivity contribution < 1.29 is 4.79 Å². The maximum Gasteiger partial charge on any atom is 0.242 e. The van der Waals surface area contributed by atoms with Crippen LogP contribution in [0.4, 0.5) is 5.69 Å². The summed E-state index contributed by atoms with van der Waals surface area (Å²) in [5.74, 6) is 0.0645. The molecule has 0 bridgehead atoms. The number of aryl methyl sites for hydroxylation is 1. The summed E-state index contributed by atoms with van der Waals surface area (Å²) in [6.07, 6.45) is 1.94. The van der Waals surface area contributed by atoms with E-state index in [-0.39, 0.29) is 18.0 Å². The van der Waals surface area contributed by atoms with E-state index in [2.05, 4.69) is 44.4 Å². The van der Waals surface area contributed by atoms with Crippen LogP contribution in [0, 0.1) is 13.8 Å². The van der Waals surface area contributed by atoms with Crippen LogP contribution in [0.3, 0.4) is 0 Å². The minimum atomic E-state index is -0.221. The number of amides is 1. The Bertz CT molecular complexity index is 425. The van der Waals surface area contributed by atoms with E-state index in [1.54, 1.807) is 0 Å². The number of benzene rings is 1. The van der Waals surface area contributed by atoms with Gasteiger partial charge >= 0.3 is 0 Å². The van der Waals surface area contributed by atoms with Crippen LogP contribution in [-0.2, 0) is 4.79 Å². The van der Waals surface area contributed by atoms with Crippen molar-refractivity contribution in [2.45, 2.75) is 59.5 Å². The molecular weight excluding hydrogens is 236 g/mol. The van der Waals surface area contributed by atoms with E-state index in [0.717, 1.165) is 18.5 Å². The van der Waals surface area contributed by atoms with Crippen molar-refractivity contribution in [3.63, 3.8) is 0 Å². The number of hydrogen-bond donors (Lipinski definition) is 2. The lowest BCUT2D eigenvalue weighted by Crippen LogP contribution is -2.42. The second-order valence-electron chi connectivity index (χ2n) is 5.14. The quantitative estimate of drug-likeness (QED) is 0.825. The molecule has 0 saturated carbocycles. The van der Waals surface area contributed by atoms with Crippen LogP contribution in [0.1, 0.15) is 44.7 Å². The Balaban J connectivity index is 2.66. The van der Waals surface area contributed by atoms with Gasteiger partial charge in [-0.1, -0.05) is 26.0 Å². The summed E-state index contributed by atoms with van der Waals surface area (Å²) in [4.78, 5) is 12.1. The maximum absolute atomic E-state index is 12.1. The Hall–Kier alpha value is -1.51. The van der Waals surface area contributed by atoms with E-state index in [9.17, 15) is 4.79 Å². The molecular formula is C16H26N2O. The highest BCUT2D eigenvalue weighted by molar-refractivity contribution is 5.84. The van der Waals surface area contributed by atoms with Gasteiger partial charge in [-0.25, -0.2) is 0 Å². The number of rotatable bonds is 6. The first-order valence-electron chi connectivity index (χ1n) is 7.12. The van der Waals surface area contributed by atoms with E-state index >= 15 is 0 Å². The van der Waals surface area contributed by atoms with Crippen LogP contribution in [-0.4, -0.2) is 18.0 Å². The summed E-state index contributed by atoms with van der Waals surface area (Å²) in [6, 6.07) is 6.16. The van der Waals surface area contributed by atoms with Crippen LogP contribution in [0.15, 0.2) is 18.2 Å².